The molecule has 0 aromatic heterocycles. The lowest BCUT2D eigenvalue weighted by Crippen LogP contribution is -2.42. The van der Waals surface area contributed by atoms with E-state index in [0.29, 0.717) is 24.1 Å². The number of carbonyl (C=O) groups is 6. The normalized spacial score (nSPS) is 15.3. The number of nitrogens with one attached hydrogen (secondary N) is 1. The van der Waals surface area contributed by atoms with Crippen LogP contribution in [-0.2, 0) is 38.2 Å². The highest BCUT2D eigenvalue weighted by Gasteiger charge is 2.23. The van der Waals surface area contributed by atoms with Crippen molar-refractivity contribution in [2.24, 2.45) is 21.5 Å². The van der Waals surface area contributed by atoms with Gasteiger partial charge in [-0.15, -0.1) is 0 Å². The maximum Gasteiger partial charge on any atom is 0.330 e. The Hall–Kier alpha value is -4.20. The van der Waals surface area contributed by atoms with Gasteiger partial charge in [0, 0.05) is 17.6 Å². The fraction of sp³-hybridized carbons (Fsp3) is 0.738. The molecule has 0 bridgehead atoms. The number of nitrogens with two attached hydrogens (primary N) is 2. The van der Waals surface area contributed by atoms with Gasteiger partial charge in [0.05, 0.1) is 18.1 Å². The summed E-state index contributed by atoms with van der Waals surface area (Å²) in [5.74, 6) is -2.78. The smallest absolute Gasteiger partial charge is 0.330 e. The third-order valence-electron chi connectivity index (χ3n) is 7.16. The van der Waals surface area contributed by atoms with Crippen molar-refractivity contribution in [3.63, 3.8) is 0 Å². The Morgan fingerprint density at radius 1 is 0.702 bits per heavy atom. The topological polar surface area (TPSA) is 250 Å². The molecule has 2 aliphatic carbocycles. The molecule has 2 saturated carbocycles. The second-order valence-corrected chi connectivity index (χ2v) is 16.0. The largest absolute Gasteiger partial charge is 0.480 e. The van der Waals surface area contributed by atoms with E-state index in [0.717, 1.165) is 0 Å². The quantitative estimate of drug-likeness (QED) is 0.0900. The number of carboxylic acid groups (broad SMARTS) is 2. The molecule has 330 valence electrons. The van der Waals surface area contributed by atoms with Crippen LogP contribution >= 0.6 is 0 Å². The van der Waals surface area contributed by atoms with Crippen LogP contribution in [-0.4, -0.2) is 93.2 Å². The molecule has 0 aromatic carbocycles. The summed E-state index contributed by atoms with van der Waals surface area (Å²) in [6.07, 6.45) is 13.9. The molecule has 0 aromatic rings. The number of hydrogen-bond donors (Lipinski definition) is 5. The van der Waals surface area contributed by atoms with Crippen molar-refractivity contribution in [1.82, 2.24) is 5.32 Å². The second kappa shape index (κ2) is 32.8. The first-order chi connectivity index (χ1) is 26.0. The predicted octanol–water partition coefficient (Wildman–Crippen LogP) is 6.96. The highest BCUT2D eigenvalue weighted by molar-refractivity contribution is 5.95. The van der Waals surface area contributed by atoms with E-state index in [2.05, 4.69) is 34.5 Å². The number of carbonyl (C=O) groups excluding carboxylic acids is 4. The van der Waals surface area contributed by atoms with Gasteiger partial charge in [0.25, 0.3) is 0 Å². The highest BCUT2D eigenvalue weighted by Crippen LogP contribution is 2.21. The molecule has 0 radical (unpaired) electrons. The molecule has 57 heavy (non-hydrogen) atoms. The van der Waals surface area contributed by atoms with E-state index in [4.69, 9.17) is 31.2 Å². The van der Waals surface area contributed by atoms with Crippen LogP contribution in [0, 0.1) is 0 Å². The average Bonchev–Trinajstić information content (AvgIpc) is 3.09. The summed E-state index contributed by atoms with van der Waals surface area (Å²) in [4.78, 5) is 71.4. The molecule has 15 nitrogen and oxygen atoms in total. The number of Topliss-reactive ketones (excluding diaryl/α,β-unsaturated/α-hetero) is 1. The minimum absolute atomic E-state index is 0.176. The van der Waals surface area contributed by atoms with E-state index in [-0.39, 0.29) is 23.2 Å². The molecule has 0 saturated heterocycles. The molecule has 15 heteroatoms. The van der Waals surface area contributed by atoms with Crippen molar-refractivity contribution in [3.8, 4) is 0 Å². The highest BCUT2D eigenvalue weighted by atomic mass is 16.6. The molecule has 0 spiro atoms. The van der Waals surface area contributed by atoms with Crippen molar-refractivity contribution in [2.45, 2.75) is 202 Å². The van der Waals surface area contributed by atoms with Crippen LogP contribution < -0.4 is 16.8 Å². The average molecular weight is 812 g/mol. The molecule has 3 unspecified atom stereocenters. The van der Waals surface area contributed by atoms with E-state index >= 15 is 0 Å². The first-order valence-electron chi connectivity index (χ1n) is 19.7. The molecule has 0 aliphatic heterocycles. The number of hydrogen-bond acceptors (Lipinski definition) is 12. The van der Waals surface area contributed by atoms with Gasteiger partial charge >= 0.3 is 23.9 Å². The monoisotopic (exact) mass is 812 g/mol. The molecular weight excluding hydrogens is 734 g/mol. The summed E-state index contributed by atoms with van der Waals surface area (Å²) in [7, 11) is 0. The van der Waals surface area contributed by atoms with Crippen LogP contribution in [0.1, 0.15) is 161 Å². The van der Waals surface area contributed by atoms with E-state index < -0.39 is 47.2 Å². The zero-order chi connectivity index (χ0) is 45.5. The van der Waals surface area contributed by atoms with Crippen LogP contribution in [0.3, 0.4) is 0 Å². The first kappa shape index (κ1) is 59.5. The number of esters is 2. The Morgan fingerprint density at radius 3 is 1.23 bits per heavy atom. The van der Waals surface area contributed by atoms with Gasteiger partial charge in [0.15, 0.2) is 0 Å². The zero-order valence-corrected chi connectivity index (χ0v) is 37.3. The van der Waals surface area contributed by atoms with E-state index in [1.807, 2.05) is 27.7 Å². The summed E-state index contributed by atoms with van der Waals surface area (Å²) in [6.45, 7) is 28.5. The summed E-state index contributed by atoms with van der Waals surface area (Å²) >= 11 is 0. The zero-order valence-electron chi connectivity index (χ0n) is 37.3. The molecule has 0 heterocycles. The molecular formula is C42H77N5O10. The van der Waals surface area contributed by atoms with Crippen LogP contribution in [0.5, 0.6) is 0 Å². The lowest BCUT2D eigenvalue weighted by atomic mass is 9.96. The number of amides is 1. The van der Waals surface area contributed by atoms with E-state index in [1.165, 1.54) is 78.1 Å². The standard InChI is InChI=1S/C13H22N2.C11H19NO3.C7H15NO2.C4H6O2.C4H8O.C3H7NO2/c1-3-7-12(8-4-1)14-11-15-13-9-5-2-6-10-13;1-7(2)9(13)12-8(3)10(14)15-11(4,5)6;1-5(8)6(9)10-7(2,3)4;1-3(2)4(5)6;1-3-4(2)5;1-2(4)3(5)6/h12-13H,1-10H2;8H,1H2,2-6H3,(H,12,13);5H,8H2,1-4H3;1H2,2H3,(H,5,6);3H2,1-2H3;2H,4H2,1H3,(H,5,6). The summed E-state index contributed by atoms with van der Waals surface area (Å²) in [6, 6.07) is 2.12. The van der Waals surface area contributed by atoms with Gasteiger partial charge in [-0.25, -0.2) is 19.6 Å². The van der Waals surface area contributed by atoms with E-state index in [1.54, 1.807) is 48.5 Å². The fourth-order valence-corrected chi connectivity index (χ4v) is 3.78. The van der Waals surface area contributed by atoms with Crippen molar-refractivity contribution in [2.75, 3.05) is 0 Å². The molecule has 7 N–H and O–H groups in total. The van der Waals surface area contributed by atoms with E-state index in [9.17, 15) is 28.8 Å². The van der Waals surface area contributed by atoms with Crippen LogP contribution in [0.25, 0.3) is 0 Å². The Bertz CT molecular complexity index is 1260. The van der Waals surface area contributed by atoms with Crippen molar-refractivity contribution < 1.29 is 48.5 Å². The number of aliphatic imine (C=N–C) groups is 2. The number of carboxylic acids is 2. The summed E-state index contributed by atoms with van der Waals surface area (Å²) < 4.78 is 10.0. The van der Waals surface area contributed by atoms with Crippen molar-refractivity contribution >= 4 is 41.6 Å². The third kappa shape index (κ3) is 44.4. The summed E-state index contributed by atoms with van der Waals surface area (Å²) in [5.41, 5.74) is 9.68. The van der Waals surface area contributed by atoms with Gasteiger partial charge in [-0.2, -0.15) is 0 Å². The molecule has 2 fully saturated rings. The Labute approximate surface area is 342 Å². The van der Waals surface area contributed by atoms with Crippen LogP contribution in [0.2, 0.25) is 0 Å². The minimum atomic E-state index is -0.963. The van der Waals surface area contributed by atoms with Crippen LogP contribution in [0.4, 0.5) is 0 Å². The second-order valence-electron chi connectivity index (χ2n) is 16.0. The molecule has 3 atom stereocenters. The number of ketones is 1. The van der Waals surface area contributed by atoms with Crippen LogP contribution in [0.15, 0.2) is 34.3 Å². The van der Waals surface area contributed by atoms with Gasteiger partial charge in [-0.05, 0) is 109 Å². The SMILES string of the molecule is C(=NC1CCCCC1)=NC1CCCCC1.C=C(C)C(=O)NC(C)C(=O)OC(C)(C)C.C=C(C)C(=O)O.CC(N)C(=O)O.CC(N)C(=O)OC(C)(C)C.CCC(C)=O. The maximum absolute atomic E-state index is 11.5. The molecule has 2 rings (SSSR count). The van der Waals surface area contributed by atoms with Gasteiger partial charge in [0.2, 0.25) is 5.91 Å². The summed E-state index contributed by atoms with van der Waals surface area (Å²) in [5, 5.41) is 18.2. The third-order valence-corrected chi connectivity index (χ3v) is 7.16. The number of nitrogens with zero attached hydrogens (tertiary/aromatic N) is 2. The lowest BCUT2D eigenvalue weighted by Gasteiger charge is -2.22. The Kier molecular flexibility index (Phi) is 34.3. The number of aliphatic carboxylic acids is 2. The minimum Gasteiger partial charge on any atom is -0.480 e. The molecule has 2 aliphatic rings. The first-order valence-corrected chi connectivity index (χ1v) is 19.7. The lowest BCUT2D eigenvalue weighted by molar-refractivity contribution is -0.158. The predicted molar refractivity (Wildman–Crippen MR) is 226 cm³/mol. The molecule has 1 amide bonds. The Balaban J connectivity index is -0.000000312. The maximum atomic E-state index is 11.5. The van der Waals surface area contributed by atoms with Crippen molar-refractivity contribution in [1.29, 1.82) is 0 Å². The fourth-order valence-electron chi connectivity index (χ4n) is 3.78. The van der Waals surface area contributed by atoms with Gasteiger partial charge in [-0.3, -0.25) is 14.4 Å². The number of rotatable bonds is 9. The number of ether oxygens (including phenoxy) is 2. The van der Waals surface area contributed by atoms with Gasteiger partial charge in [-0.1, -0.05) is 58.6 Å². The van der Waals surface area contributed by atoms with Crippen molar-refractivity contribution in [3.05, 3.63) is 24.3 Å². The Morgan fingerprint density at radius 2 is 1.02 bits per heavy atom. The van der Waals surface area contributed by atoms with Gasteiger partial charge in [0.1, 0.15) is 35.1 Å². The van der Waals surface area contributed by atoms with Gasteiger partial charge < -0.3 is 41.3 Å².